The van der Waals surface area contributed by atoms with Crippen LogP contribution >= 0.6 is 27.3 Å². The molecule has 2 N–H and O–H groups in total. The van der Waals surface area contributed by atoms with Gasteiger partial charge in [-0.05, 0) is 27.4 Å². The van der Waals surface area contributed by atoms with Crippen LogP contribution in [-0.4, -0.2) is 33.0 Å². The first kappa shape index (κ1) is 15.3. The number of carbonyl (C=O) groups is 2. The summed E-state index contributed by atoms with van der Waals surface area (Å²) < 4.78 is 12.7. The van der Waals surface area contributed by atoms with Crippen molar-refractivity contribution in [2.45, 2.75) is 18.7 Å². The van der Waals surface area contributed by atoms with Gasteiger partial charge in [0, 0.05) is 27.1 Å². The Morgan fingerprint density at radius 1 is 1.61 bits per heavy atom. The van der Waals surface area contributed by atoms with Gasteiger partial charge in [0.1, 0.15) is 6.04 Å². The van der Waals surface area contributed by atoms with Gasteiger partial charge >= 0.3 is 5.97 Å². The van der Waals surface area contributed by atoms with Crippen LogP contribution in [0.5, 0.6) is 0 Å². The van der Waals surface area contributed by atoms with Gasteiger partial charge in [-0.3, -0.25) is 9.00 Å². The zero-order chi connectivity index (χ0) is 13.7. The molecule has 2 atom stereocenters. The van der Waals surface area contributed by atoms with E-state index < -0.39 is 28.7 Å². The molecule has 0 saturated carbocycles. The van der Waals surface area contributed by atoms with E-state index in [0.29, 0.717) is 0 Å². The summed E-state index contributed by atoms with van der Waals surface area (Å²) in [5, 5.41) is 13.0. The molecule has 0 fully saturated rings. The monoisotopic (exact) mass is 353 g/mol. The Bertz CT molecular complexity index is 474. The molecule has 0 spiro atoms. The number of carboxylic acids is 1. The number of hydrogen-bond donors (Lipinski definition) is 2. The molecule has 1 amide bonds. The van der Waals surface area contributed by atoms with Crippen molar-refractivity contribution in [2.24, 2.45) is 0 Å². The highest BCUT2D eigenvalue weighted by Gasteiger charge is 2.21. The van der Waals surface area contributed by atoms with Crippen molar-refractivity contribution in [1.82, 2.24) is 5.32 Å². The minimum atomic E-state index is -1.34. The Balaban J connectivity index is 2.59. The van der Waals surface area contributed by atoms with Gasteiger partial charge < -0.3 is 10.4 Å². The number of halogens is 1. The lowest BCUT2D eigenvalue weighted by atomic mass is 10.3. The maximum atomic E-state index is 11.8. The highest BCUT2D eigenvalue weighted by molar-refractivity contribution is 9.10. The van der Waals surface area contributed by atoms with Crippen molar-refractivity contribution in [3.63, 3.8) is 0 Å². The average molecular weight is 354 g/mol. The number of thiophene rings is 1. The van der Waals surface area contributed by atoms with Crippen molar-refractivity contribution >= 4 is 49.9 Å². The SMILES string of the molecule is CC(=O)NC(CS(=O)Cc1sccc1Br)C(=O)O. The molecule has 1 aromatic rings. The first-order chi connectivity index (χ1) is 8.40. The Kier molecular flexibility index (Phi) is 5.97. The van der Waals surface area contributed by atoms with Crippen LogP contribution in [0.1, 0.15) is 11.8 Å². The lowest BCUT2D eigenvalue weighted by molar-refractivity contribution is -0.140. The standard InChI is InChI=1S/C10H12BrNO4S2/c1-6(13)12-8(10(14)15)4-18(16)5-9-7(11)2-3-17-9/h2-3,8H,4-5H2,1H3,(H,12,13)(H,14,15). The van der Waals surface area contributed by atoms with Crippen molar-refractivity contribution in [3.8, 4) is 0 Å². The van der Waals surface area contributed by atoms with Crippen molar-refractivity contribution < 1.29 is 18.9 Å². The van der Waals surface area contributed by atoms with E-state index in [-0.39, 0.29) is 11.5 Å². The molecule has 0 aliphatic rings. The number of hydrogen-bond acceptors (Lipinski definition) is 4. The molecular weight excluding hydrogens is 342 g/mol. The Labute approximate surface area is 119 Å². The van der Waals surface area contributed by atoms with Crippen LogP contribution in [-0.2, 0) is 26.1 Å². The third kappa shape index (κ3) is 4.87. The highest BCUT2D eigenvalue weighted by atomic mass is 79.9. The Morgan fingerprint density at radius 3 is 2.72 bits per heavy atom. The smallest absolute Gasteiger partial charge is 0.327 e. The molecule has 8 heteroatoms. The Hall–Kier alpha value is -0.730. The van der Waals surface area contributed by atoms with E-state index in [1.54, 1.807) is 0 Å². The summed E-state index contributed by atoms with van der Waals surface area (Å²) in [6.45, 7) is 1.23. The third-order valence-electron chi connectivity index (χ3n) is 2.01. The number of aliphatic carboxylic acids is 1. The van der Waals surface area contributed by atoms with Crippen LogP contribution in [0.4, 0.5) is 0 Å². The lowest BCUT2D eigenvalue weighted by Crippen LogP contribution is -2.43. The van der Waals surface area contributed by atoms with Crippen LogP contribution in [0.2, 0.25) is 0 Å². The molecular formula is C10H12BrNO4S2. The molecule has 2 unspecified atom stereocenters. The van der Waals surface area contributed by atoms with E-state index >= 15 is 0 Å². The minimum Gasteiger partial charge on any atom is -0.480 e. The number of amides is 1. The van der Waals surface area contributed by atoms with Crippen LogP contribution in [0.3, 0.4) is 0 Å². The number of carbonyl (C=O) groups excluding carboxylic acids is 1. The largest absolute Gasteiger partial charge is 0.480 e. The van der Waals surface area contributed by atoms with Crippen LogP contribution in [0, 0.1) is 0 Å². The molecule has 5 nitrogen and oxygen atoms in total. The van der Waals surface area contributed by atoms with Gasteiger partial charge in [-0.15, -0.1) is 11.3 Å². The van der Waals surface area contributed by atoms with Crippen LogP contribution < -0.4 is 5.32 Å². The molecule has 0 aromatic carbocycles. The third-order valence-corrected chi connectivity index (χ3v) is 5.44. The van der Waals surface area contributed by atoms with Crippen molar-refractivity contribution in [2.75, 3.05) is 5.75 Å². The van der Waals surface area contributed by atoms with E-state index in [9.17, 15) is 13.8 Å². The summed E-state index contributed by atoms with van der Waals surface area (Å²) >= 11 is 4.77. The minimum absolute atomic E-state index is 0.0980. The molecule has 0 radical (unpaired) electrons. The first-order valence-electron chi connectivity index (χ1n) is 4.97. The first-order valence-corrected chi connectivity index (χ1v) is 8.13. The topological polar surface area (TPSA) is 83.5 Å². The van der Waals surface area contributed by atoms with Gasteiger partial charge in [-0.1, -0.05) is 0 Å². The second-order valence-corrected chi connectivity index (χ2v) is 6.89. The lowest BCUT2D eigenvalue weighted by Gasteiger charge is -2.12. The normalized spacial score (nSPS) is 13.9. The Morgan fingerprint density at radius 2 is 2.28 bits per heavy atom. The molecule has 0 saturated heterocycles. The predicted molar refractivity (Wildman–Crippen MR) is 74.0 cm³/mol. The quantitative estimate of drug-likeness (QED) is 0.808. The van der Waals surface area contributed by atoms with Gasteiger partial charge in [-0.2, -0.15) is 0 Å². The summed E-state index contributed by atoms with van der Waals surface area (Å²) in [6.07, 6.45) is 0. The van der Waals surface area contributed by atoms with E-state index in [2.05, 4.69) is 21.2 Å². The fourth-order valence-electron chi connectivity index (χ4n) is 1.24. The molecule has 0 bridgehead atoms. The zero-order valence-electron chi connectivity index (χ0n) is 9.51. The molecule has 1 heterocycles. The molecule has 1 rings (SSSR count). The molecule has 18 heavy (non-hydrogen) atoms. The second kappa shape index (κ2) is 7.01. The van der Waals surface area contributed by atoms with E-state index in [1.807, 2.05) is 11.4 Å². The van der Waals surface area contributed by atoms with Gasteiger partial charge in [0.25, 0.3) is 0 Å². The zero-order valence-corrected chi connectivity index (χ0v) is 12.7. The van der Waals surface area contributed by atoms with Crippen LogP contribution in [0.15, 0.2) is 15.9 Å². The number of nitrogens with one attached hydrogen (secondary N) is 1. The fraction of sp³-hybridized carbons (Fsp3) is 0.400. The highest BCUT2D eigenvalue weighted by Crippen LogP contribution is 2.24. The van der Waals surface area contributed by atoms with E-state index in [4.69, 9.17) is 5.11 Å². The second-order valence-electron chi connectivity index (χ2n) is 3.53. The molecule has 0 aliphatic heterocycles. The average Bonchev–Trinajstić information content (AvgIpc) is 2.62. The summed E-state index contributed by atoms with van der Waals surface area (Å²) in [4.78, 5) is 22.6. The molecule has 0 aliphatic carbocycles. The summed E-state index contributed by atoms with van der Waals surface area (Å²) in [5.74, 6) is -1.44. The van der Waals surface area contributed by atoms with E-state index in [1.165, 1.54) is 18.3 Å². The summed E-state index contributed by atoms with van der Waals surface area (Å²) in [7, 11) is -1.34. The predicted octanol–water partition coefficient (Wildman–Crippen LogP) is 1.35. The van der Waals surface area contributed by atoms with Gasteiger partial charge in [-0.25, -0.2) is 4.79 Å². The van der Waals surface area contributed by atoms with Gasteiger partial charge in [0.05, 0.1) is 11.5 Å². The van der Waals surface area contributed by atoms with Crippen molar-refractivity contribution in [1.29, 1.82) is 0 Å². The number of rotatable bonds is 6. The van der Waals surface area contributed by atoms with Gasteiger partial charge in [0.15, 0.2) is 0 Å². The maximum Gasteiger partial charge on any atom is 0.327 e. The summed E-state index contributed by atoms with van der Waals surface area (Å²) in [5.41, 5.74) is 0. The summed E-state index contributed by atoms with van der Waals surface area (Å²) in [6, 6.07) is 0.738. The molecule has 100 valence electrons. The van der Waals surface area contributed by atoms with E-state index in [0.717, 1.165) is 9.35 Å². The number of carboxylic acid groups (broad SMARTS) is 1. The van der Waals surface area contributed by atoms with Crippen molar-refractivity contribution in [3.05, 3.63) is 20.8 Å². The fourth-order valence-corrected chi connectivity index (χ4v) is 4.53. The van der Waals surface area contributed by atoms with Gasteiger partial charge in [0.2, 0.25) is 5.91 Å². The van der Waals surface area contributed by atoms with Crippen LogP contribution in [0.25, 0.3) is 0 Å². The molecule has 1 aromatic heterocycles. The maximum absolute atomic E-state index is 11.8.